The van der Waals surface area contributed by atoms with Gasteiger partial charge in [-0.1, -0.05) is 105 Å². The van der Waals surface area contributed by atoms with E-state index in [2.05, 4.69) is 0 Å². The average molecular weight is 577 g/mol. The van der Waals surface area contributed by atoms with Crippen LogP contribution in [0, 0.1) is 11.8 Å². The zero-order chi connectivity index (χ0) is 30.4. The lowest BCUT2D eigenvalue weighted by Crippen LogP contribution is -2.71. The third-order valence-electron chi connectivity index (χ3n) is 6.51. The number of esters is 2. The lowest BCUT2D eigenvalue weighted by atomic mass is 9.91. The molecule has 220 valence electrons. The molecule has 1 N–H and O–H groups in total. The average Bonchev–Trinajstić information content (AvgIpc) is 2.89. The molecule has 0 aliphatic rings. The molecular formula is C34H44O6Si. The molecule has 0 aromatic heterocycles. The maximum absolute atomic E-state index is 13.5. The van der Waals surface area contributed by atoms with Gasteiger partial charge in [0, 0.05) is 0 Å². The zero-order valence-electron chi connectivity index (χ0n) is 25.5. The predicted octanol–water partition coefficient (Wildman–Crippen LogP) is 4.36. The van der Waals surface area contributed by atoms with Gasteiger partial charge in [0.05, 0.1) is 6.10 Å². The van der Waals surface area contributed by atoms with Gasteiger partial charge in [0.25, 0.3) is 8.32 Å². The minimum atomic E-state index is -3.29. The van der Waals surface area contributed by atoms with Crippen molar-refractivity contribution in [1.82, 2.24) is 0 Å². The fourth-order valence-electron chi connectivity index (χ4n) is 4.82. The normalized spacial score (nSPS) is 14.0. The van der Waals surface area contributed by atoms with Crippen molar-refractivity contribution < 1.29 is 28.6 Å². The van der Waals surface area contributed by atoms with Gasteiger partial charge in [0.15, 0.2) is 5.92 Å². The van der Waals surface area contributed by atoms with Gasteiger partial charge in [-0.15, -0.1) is 0 Å². The molecule has 3 aromatic rings. The van der Waals surface area contributed by atoms with Crippen LogP contribution in [0.25, 0.3) is 0 Å². The lowest BCUT2D eigenvalue weighted by Gasteiger charge is -2.41. The Kier molecular flexibility index (Phi) is 10.3. The van der Waals surface area contributed by atoms with E-state index >= 15 is 0 Å². The van der Waals surface area contributed by atoms with Crippen LogP contribution in [0.2, 0.25) is 0 Å². The van der Waals surface area contributed by atoms with Gasteiger partial charge in [-0.3, -0.25) is 9.59 Å². The number of hydrogen-bond donors (Lipinski definition) is 1. The van der Waals surface area contributed by atoms with E-state index in [4.69, 9.17) is 13.9 Å². The molecular weight excluding hydrogens is 532 g/mol. The van der Waals surface area contributed by atoms with Crippen molar-refractivity contribution in [3.63, 3.8) is 0 Å². The second-order valence-corrected chi connectivity index (χ2v) is 16.0. The summed E-state index contributed by atoms with van der Waals surface area (Å²) in [6.45, 7) is 14.1. The van der Waals surface area contributed by atoms with Gasteiger partial charge in [-0.05, 0) is 63.0 Å². The van der Waals surface area contributed by atoms with Crippen LogP contribution in [0.5, 0.6) is 0 Å². The van der Waals surface area contributed by atoms with Crippen molar-refractivity contribution in [3.8, 4) is 0 Å². The van der Waals surface area contributed by atoms with Crippen LogP contribution in [0.1, 0.15) is 55.4 Å². The van der Waals surface area contributed by atoms with Crippen LogP contribution in [-0.4, -0.2) is 48.8 Å². The molecule has 0 aliphatic carbocycles. The molecule has 0 unspecified atom stereocenters. The van der Waals surface area contributed by atoms with E-state index in [0.717, 1.165) is 15.6 Å². The second-order valence-electron chi connectivity index (χ2n) is 12.6. The largest absolute Gasteiger partial charge is 0.459 e. The first kappa shape index (κ1) is 32.3. The molecule has 7 heteroatoms. The van der Waals surface area contributed by atoms with E-state index in [1.54, 1.807) is 41.5 Å². The number of rotatable bonds is 10. The van der Waals surface area contributed by atoms with Crippen LogP contribution in [0.15, 0.2) is 91.0 Å². The maximum Gasteiger partial charge on any atom is 0.323 e. The Morgan fingerprint density at radius 2 is 0.951 bits per heavy atom. The van der Waals surface area contributed by atoms with Crippen LogP contribution >= 0.6 is 0 Å². The monoisotopic (exact) mass is 576 g/mol. The summed E-state index contributed by atoms with van der Waals surface area (Å²) < 4.78 is 18.5. The van der Waals surface area contributed by atoms with Crippen molar-refractivity contribution in [2.75, 3.05) is 0 Å². The first-order valence-corrected chi connectivity index (χ1v) is 16.0. The van der Waals surface area contributed by atoms with Crippen LogP contribution in [0.4, 0.5) is 0 Å². The molecule has 6 nitrogen and oxygen atoms in total. The van der Waals surface area contributed by atoms with Crippen molar-refractivity contribution in [2.24, 2.45) is 11.8 Å². The minimum Gasteiger partial charge on any atom is -0.459 e. The fraction of sp³-hybridized carbons (Fsp3) is 0.412. The molecule has 0 amide bonds. The first-order valence-electron chi connectivity index (χ1n) is 14.1. The van der Waals surface area contributed by atoms with Gasteiger partial charge in [0.1, 0.15) is 17.3 Å². The minimum absolute atomic E-state index is 0.277. The van der Waals surface area contributed by atoms with Crippen LogP contribution in [0.3, 0.4) is 0 Å². The van der Waals surface area contributed by atoms with Gasteiger partial charge in [-0.25, -0.2) is 0 Å². The van der Waals surface area contributed by atoms with E-state index in [9.17, 15) is 14.7 Å². The molecule has 41 heavy (non-hydrogen) atoms. The predicted molar refractivity (Wildman–Crippen MR) is 165 cm³/mol. The Morgan fingerprint density at radius 3 is 1.22 bits per heavy atom. The summed E-state index contributed by atoms with van der Waals surface area (Å²) in [5, 5.41) is 14.9. The van der Waals surface area contributed by atoms with Crippen LogP contribution < -0.4 is 15.6 Å². The first-order chi connectivity index (χ1) is 19.2. The summed E-state index contributed by atoms with van der Waals surface area (Å²) in [5.74, 6) is -3.57. The van der Waals surface area contributed by atoms with Crippen molar-refractivity contribution in [3.05, 3.63) is 91.0 Å². The standard InChI is InChI=1S/C34H44O6Si/c1-24(2)30(29(35)28(31(36)38-33(3,4)5)32(37)39-34(6,7)8)40-41(25-18-12-9-13-19-25,26-20-14-10-15-21-26)27-22-16-11-17-23-27/h9-24,28-30,35H,1-8H3/t29-,30-/m0/s1. The highest BCUT2D eigenvalue weighted by molar-refractivity contribution is 7.07. The van der Waals surface area contributed by atoms with E-state index in [0.29, 0.717) is 0 Å². The van der Waals surface area contributed by atoms with Gasteiger partial charge in [0.2, 0.25) is 0 Å². The molecule has 0 saturated heterocycles. The summed E-state index contributed by atoms with van der Waals surface area (Å²) in [5.41, 5.74) is -1.75. The Hall–Kier alpha value is -3.26. The summed E-state index contributed by atoms with van der Waals surface area (Å²) in [7, 11) is -3.29. The number of hydrogen-bond acceptors (Lipinski definition) is 6. The van der Waals surface area contributed by atoms with E-state index in [1.165, 1.54) is 0 Å². The summed E-state index contributed by atoms with van der Waals surface area (Å²) in [6.07, 6.45) is -2.46. The number of aliphatic hydroxyl groups excluding tert-OH is 1. The van der Waals surface area contributed by atoms with Gasteiger partial charge in [-0.2, -0.15) is 0 Å². The zero-order valence-corrected chi connectivity index (χ0v) is 26.5. The number of aliphatic hydroxyl groups is 1. The Bertz CT molecular complexity index is 1140. The third kappa shape index (κ3) is 8.15. The fourth-order valence-corrected chi connectivity index (χ4v) is 9.04. The maximum atomic E-state index is 13.5. The quantitative estimate of drug-likeness (QED) is 0.167. The number of benzene rings is 3. The molecule has 0 aliphatic heterocycles. The topological polar surface area (TPSA) is 82.1 Å². The molecule has 0 bridgehead atoms. The number of ether oxygens (including phenoxy) is 2. The van der Waals surface area contributed by atoms with Crippen molar-refractivity contribution >= 4 is 35.8 Å². The van der Waals surface area contributed by atoms with Crippen LogP contribution in [-0.2, 0) is 23.5 Å². The third-order valence-corrected chi connectivity index (χ3v) is 10.6. The highest BCUT2D eigenvalue weighted by Crippen LogP contribution is 2.27. The number of carbonyl (C=O) groups is 2. The molecule has 0 fully saturated rings. The summed E-state index contributed by atoms with van der Waals surface area (Å²) in [6, 6.07) is 29.9. The Balaban J connectivity index is 2.22. The smallest absolute Gasteiger partial charge is 0.323 e. The molecule has 0 radical (unpaired) electrons. The highest BCUT2D eigenvalue weighted by Gasteiger charge is 2.50. The Morgan fingerprint density at radius 1 is 0.634 bits per heavy atom. The van der Waals surface area contributed by atoms with E-state index < -0.39 is 49.6 Å². The molecule has 0 spiro atoms. The molecule has 3 rings (SSSR count). The van der Waals surface area contributed by atoms with Crippen molar-refractivity contribution in [1.29, 1.82) is 0 Å². The Labute approximate surface area is 245 Å². The van der Waals surface area contributed by atoms with E-state index in [1.807, 2.05) is 105 Å². The number of carbonyl (C=O) groups excluding carboxylic acids is 2. The molecule has 0 saturated carbocycles. The molecule has 2 atom stereocenters. The second kappa shape index (κ2) is 13.1. The SMILES string of the molecule is CC(C)[C@H](O[Si](c1ccccc1)(c1ccccc1)c1ccccc1)[C@@H](O)C(C(=O)OC(C)(C)C)C(=O)OC(C)(C)C. The van der Waals surface area contributed by atoms with E-state index in [-0.39, 0.29) is 5.92 Å². The highest BCUT2D eigenvalue weighted by atomic mass is 28.4. The van der Waals surface area contributed by atoms with Gasteiger partial charge >= 0.3 is 11.9 Å². The van der Waals surface area contributed by atoms with Gasteiger partial charge < -0.3 is 19.0 Å². The summed E-state index contributed by atoms with van der Waals surface area (Å²) in [4.78, 5) is 27.0. The lowest BCUT2D eigenvalue weighted by molar-refractivity contribution is -0.184. The molecule has 3 aromatic carbocycles. The molecule has 0 heterocycles. The van der Waals surface area contributed by atoms with Crippen molar-refractivity contribution in [2.45, 2.75) is 78.8 Å². The summed E-state index contributed by atoms with van der Waals surface area (Å²) >= 11 is 0.